The molecule has 0 bridgehead atoms. The second-order valence-electron chi connectivity index (χ2n) is 4.14. The molecule has 0 aromatic heterocycles. The minimum Gasteiger partial charge on any atom is -0.489 e. The van der Waals surface area contributed by atoms with Gasteiger partial charge < -0.3 is 4.74 Å². The van der Waals surface area contributed by atoms with E-state index in [1.54, 1.807) is 6.07 Å². The average Bonchev–Trinajstić information content (AvgIpc) is 2.44. The number of rotatable bonds is 5. The summed E-state index contributed by atoms with van der Waals surface area (Å²) >= 11 is 3.34. The standard InChI is InChI=1S/C14H11BrFNO3/c15-8-10-2-1-3-14(6-10)20-9-11-4-12(16)7-13(5-11)17(18)19/h1-7H,8-9H2. The Hall–Kier alpha value is -1.95. The van der Waals surface area contributed by atoms with Crippen LogP contribution in [0.3, 0.4) is 0 Å². The number of non-ortho nitro benzene ring substituents is 1. The van der Waals surface area contributed by atoms with Gasteiger partial charge in [0.15, 0.2) is 0 Å². The molecule has 2 rings (SSSR count). The highest BCUT2D eigenvalue weighted by Gasteiger charge is 2.10. The Labute approximate surface area is 123 Å². The Morgan fingerprint density at radius 3 is 2.70 bits per heavy atom. The molecule has 0 unspecified atom stereocenters. The van der Waals surface area contributed by atoms with Gasteiger partial charge in [0.05, 0.1) is 11.0 Å². The van der Waals surface area contributed by atoms with Crippen LogP contribution in [-0.4, -0.2) is 4.92 Å². The second kappa shape index (κ2) is 6.47. The number of alkyl halides is 1. The van der Waals surface area contributed by atoms with Crippen molar-refractivity contribution in [2.75, 3.05) is 0 Å². The molecule has 0 fully saturated rings. The van der Waals surface area contributed by atoms with Crippen LogP contribution < -0.4 is 4.74 Å². The van der Waals surface area contributed by atoms with E-state index in [0.717, 1.165) is 11.6 Å². The molecule has 0 N–H and O–H groups in total. The fourth-order valence-corrected chi connectivity index (χ4v) is 2.06. The molecule has 2 aromatic carbocycles. The van der Waals surface area contributed by atoms with E-state index in [0.29, 0.717) is 16.6 Å². The lowest BCUT2D eigenvalue weighted by Crippen LogP contribution is -1.98. The highest BCUT2D eigenvalue weighted by atomic mass is 79.9. The quantitative estimate of drug-likeness (QED) is 0.465. The number of hydrogen-bond donors (Lipinski definition) is 0. The van der Waals surface area contributed by atoms with E-state index in [9.17, 15) is 14.5 Å². The van der Waals surface area contributed by atoms with Crippen molar-refractivity contribution in [3.8, 4) is 5.75 Å². The van der Waals surface area contributed by atoms with Gasteiger partial charge in [0, 0.05) is 11.4 Å². The summed E-state index contributed by atoms with van der Waals surface area (Å²) in [5.41, 5.74) is 1.19. The smallest absolute Gasteiger partial charge is 0.272 e. The van der Waals surface area contributed by atoms with E-state index in [1.165, 1.54) is 12.1 Å². The molecule has 4 nitrogen and oxygen atoms in total. The summed E-state index contributed by atoms with van der Waals surface area (Å²) < 4.78 is 18.8. The SMILES string of the molecule is O=[N+]([O-])c1cc(F)cc(COc2cccc(CBr)c2)c1. The first kappa shape index (κ1) is 14.5. The summed E-state index contributed by atoms with van der Waals surface area (Å²) in [5, 5.41) is 11.4. The molecular weight excluding hydrogens is 329 g/mol. The second-order valence-corrected chi connectivity index (χ2v) is 4.71. The summed E-state index contributed by atoms with van der Waals surface area (Å²) in [6, 6.07) is 10.8. The van der Waals surface area contributed by atoms with Crippen LogP contribution in [0.1, 0.15) is 11.1 Å². The van der Waals surface area contributed by atoms with Gasteiger partial charge in [0.25, 0.3) is 5.69 Å². The summed E-state index contributed by atoms with van der Waals surface area (Å²) in [4.78, 5) is 10.0. The van der Waals surface area contributed by atoms with Gasteiger partial charge in [-0.25, -0.2) is 4.39 Å². The van der Waals surface area contributed by atoms with E-state index in [1.807, 2.05) is 18.2 Å². The van der Waals surface area contributed by atoms with Crippen LogP contribution in [0.2, 0.25) is 0 Å². The topological polar surface area (TPSA) is 52.4 Å². The van der Waals surface area contributed by atoms with Gasteiger partial charge in [0.2, 0.25) is 0 Å². The highest BCUT2D eigenvalue weighted by molar-refractivity contribution is 9.08. The normalized spacial score (nSPS) is 10.3. The summed E-state index contributed by atoms with van der Waals surface area (Å²) in [6.07, 6.45) is 0. The summed E-state index contributed by atoms with van der Waals surface area (Å²) in [5.74, 6) is -0.0131. The van der Waals surface area contributed by atoms with E-state index < -0.39 is 10.7 Å². The van der Waals surface area contributed by atoms with Crippen LogP contribution in [0.4, 0.5) is 10.1 Å². The van der Waals surface area contributed by atoms with Crippen molar-refractivity contribution in [2.45, 2.75) is 11.9 Å². The molecule has 0 spiro atoms. The number of nitrogens with zero attached hydrogens (tertiary/aromatic N) is 1. The fraction of sp³-hybridized carbons (Fsp3) is 0.143. The van der Waals surface area contributed by atoms with E-state index in [2.05, 4.69) is 15.9 Å². The average molecular weight is 340 g/mol. The maximum Gasteiger partial charge on any atom is 0.272 e. The Balaban J connectivity index is 2.12. The van der Waals surface area contributed by atoms with Gasteiger partial charge in [-0.15, -0.1) is 0 Å². The summed E-state index contributed by atoms with van der Waals surface area (Å²) in [7, 11) is 0. The van der Waals surface area contributed by atoms with Crippen LogP contribution in [-0.2, 0) is 11.9 Å². The lowest BCUT2D eigenvalue weighted by atomic mass is 10.2. The predicted molar refractivity (Wildman–Crippen MR) is 76.5 cm³/mol. The molecule has 20 heavy (non-hydrogen) atoms. The maximum absolute atomic E-state index is 13.3. The minimum absolute atomic E-state index is 0.0737. The largest absolute Gasteiger partial charge is 0.489 e. The molecule has 6 heteroatoms. The summed E-state index contributed by atoms with van der Waals surface area (Å²) in [6.45, 7) is 0.0737. The van der Waals surface area contributed by atoms with Crippen molar-refractivity contribution in [1.82, 2.24) is 0 Å². The third-order valence-electron chi connectivity index (χ3n) is 2.61. The van der Waals surface area contributed by atoms with Crippen LogP contribution >= 0.6 is 15.9 Å². The van der Waals surface area contributed by atoms with Crippen molar-refractivity contribution in [2.24, 2.45) is 0 Å². The van der Waals surface area contributed by atoms with Gasteiger partial charge in [-0.3, -0.25) is 10.1 Å². The number of hydrogen-bond acceptors (Lipinski definition) is 3. The van der Waals surface area contributed by atoms with Crippen LogP contribution in [0.15, 0.2) is 42.5 Å². The molecular formula is C14H11BrFNO3. The molecule has 2 aromatic rings. The lowest BCUT2D eigenvalue weighted by Gasteiger charge is -2.07. The lowest BCUT2D eigenvalue weighted by molar-refractivity contribution is -0.385. The van der Waals surface area contributed by atoms with E-state index in [4.69, 9.17) is 4.74 Å². The maximum atomic E-state index is 13.3. The molecule has 0 aliphatic heterocycles. The van der Waals surface area contributed by atoms with Crippen molar-refractivity contribution in [1.29, 1.82) is 0 Å². The zero-order valence-electron chi connectivity index (χ0n) is 10.4. The molecule has 0 amide bonds. The number of nitro groups is 1. The van der Waals surface area contributed by atoms with E-state index >= 15 is 0 Å². The molecule has 0 aliphatic rings. The minimum atomic E-state index is -0.646. The molecule has 0 heterocycles. The molecule has 0 atom stereocenters. The zero-order valence-corrected chi connectivity index (χ0v) is 12.0. The van der Waals surface area contributed by atoms with Gasteiger partial charge in [-0.05, 0) is 29.3 Å². The molecule has 0 saturated carbocycles. The Bertz CT molecular complexity index is 634. The number of nitro benzene ring substituents is 1. The van der Waals surface area contributed by atoms with Crippen LogP contribution in [0, 0.1) is 15.9 Å². The first-order chi connectivity index (χ1) is 9.58. The van der Waals surface area contributed by atoms with Crippen molar-refractivity contribution in [3.63, 3.8) is 0 Å². The number of halogens is 2. The highest BCUT2D eigenvalue weighted by Crippen LogP contribution is 2.20. The predicted octanol–water partition coefficient (Wildman–Crippen LogP) is 4.21. The first-order valence-electron chi connectivity index (χ1n) is 5.80. The molecule has 0 aliphatic carbocycles. The van der Waals surface area contributed by atoms with Crippen molar-refractivity contribution >= 4 is 21.6 Å². The van der Waals surface area contributed by atoms with Gasteiger partial charge in [-0.2, -0.15) is 0 Å². The van der Waals surface area contributed by atoms with Crippen molar-refractivity contribution < 1.29 is 14.1 Å². The number of benzene rings is 2. The van der Waals surface area contributed by atoms with Crippen LogP contribution in [0.5, 0.6) is 5.75 Å². The third-order valence-corrected chi connectivity index (χ3v) is 3.26. The first-order valence-corrected chi connectivity index (χ1v) is 6.92. The van der Waals surface area contributed by atoms with Crippen molar-refractivity contribution in [3.05, 3.63) is 69.5 Å². The molecule has 0 radical (unpaired) electrons. The van der Waals surface area contributed by atoms with Gasteiger partial charge in [-0.1, -0.05) is 28.1 Å². The number of ether oxygens (including phenoxy) is 1. The van der Waals surface area contributed by atoms with Gasteiger partial charge >= 0.3 is 0 Å². The molecule has 104 valence electrons. The zero-order chi connectivity index (χ0) is 14.5. The molecule has 0 saturated heterocycles. The third kappa shape index (κ3) is 3.77. The van der Waals surface area contributed by atoms with Crippen LogP contribution in [0.25, 0.3) is 0 Å². The Morgan fingerprint density at radius 2 is 2.00 bits per heavy atom. The van der Waals surface area contributed by atoms with E-state index in [-0.39, 0.29) is 12.3 Å². The Kier molecular flexibility index (Phi) is 4.68. The van der Waals surface area contributed by atoms with Gasteiger partial charge in [0.1, 0.15) is 18.2 Å². The monoisotopic (exact) mass is 339 g/mol. The Morgan fingerprint density at radius 1 is 1.20 bits per heavy atom. The fourth-order valence-electron chi connectivity index (χ4n) is 1.71.